The van der Waals surface area contributed by atoms with Gasteiger partial charge in [-0.25, -0.2) is 0 Å². The lowest BCUT2D eigenvalue weighted by Gasteiger charge is -2.31. The molecular weight excluding hydrogens is 460 g/mol. The van der Waals surface area contributed by atoms with Crippen LogP contribution in [0.2, 0.25) is 5.02 Å². The molecule has 0 spiro atoms. The quantitative estimate of drug-likeness (QED) is 0.387. The maximum absolute atomic E-state index is 13.6. The fourth-order valence-corrected chi connectivity index (χ4v) is 3.84. The van der Waals surface area contributed by atoms with E-state index in [9.17, 15) is 9.59 Å². The molecule has 5 nitrogen and oxygen atoms in total. The summed E-state index contributed by atoms with van der Waals surface area (Å²) in [5.74, 6) is 0.259. The van der Waals surface area contributed by atoms with Gasteiger partial charge >= 0.3 is 0 Å². The van der Waals surface area contributed by atoms with Gasteiger partial charge in [0.25, 0.3) is 5.91 Å². The molecule has 0 heterocycles. The summed E-state index contributed by atoms with van der Waals surface area (Å²) in [6, 6.07) is 24.1. The maximum Gasteiger partial charge on any atom is 0.261 e. The third kappa shape index (κ3) is 8.15. The van der Waals surface area contributed by atoms with Crippen LogP contribution in [0.25, 0.3) is 0 Å². The second kappa shape index (κ2) is 13.0. The molecule has 6 heteroatoms. The van der Waals surface area contributed by atoms with E-state index in [4.69, 9.17) is 16.3 Å². The number of hydrogen-bond donors (Lipinski definition) is 1. The monoisotopic (exact) mass is 492 g/mol. The number of para-hydroxylation sites is 1. The van der Waals surface area contributed by atoms with Gasteiger partial charge in [-0.05, 0) is 36.1 Å². The average Bonchev–Trinajstić information content (AvgIpc) is 2.85. The standard InChI is InChI=1S/C29H33ClN2O3/c1-21(2)18-31-29(34)26(17-23-9-5-4-6-10-23)32(19-24-15-13-22(3)14-16-24)28(33)20-35-27-12-8-7-11-25(27)30/h4-16,21,26H,17-20H2,1-3H3,(H,31,34)/t26-/m0/s1. The van der Waals surface area contributed by atoms with Crippen LogP contribution < -0.4 is 10.1 Å². The molecule has 1 atom stereocenters. The third-order valence-electron chi connectivity index (χ3n) is 5.62. The second-order valence-electron chi connectivity index (χ2n) is 9.07. The van der Waals surface area contributed by atoms with Gasteiger partial charge in [-0.1, -0.05) is 97.7 Å². The van der Waals surface area contributed by atoms with Gasteiger partial charge in [-0.2, -0.15) is 0 Å². The van der Waals surface area contributed by atoms with E-state index >= 15 is 0 Å². The van der Waals surface area contributed by atoms with Gasteiger partial charge < -0.3 is 15.0 Å². The number of ether oxygens (including phenoxy) is 1. The lowest BCUT2D eigenvalue weighted by atomic mass is 10.0. The van der Waals surface area contributed by atoms with Gasteiger partial charge in [0.05, 0.1) is 5.02 Å². The smallest absolute Gasteiger partial charge is 0.261 e. The highest BCUT2D eigenvalue weighted by Crippen LogP contribution is 2.23. The molecule has 3 aromatic carbocycles. The van der Waals surface area contributed by atoms with Crippen LogP contribution in [0.4, 0.5) is 0 Å². The first-order valence-corrected chi connectivity index (χ1v) is 12.2. The highest BCUT2D eigenvalue weighted by Gasteiger charge is 2.30. The average molecular weight is 493 g/mol. The predicted octanol–water partition coefficient (Wildman–Crippen LogP) is 5.44. The number of carbonyl (C=O) groups is 2. The number of benzene rings is 3. The van der Waals surface area contributed by atoms with Gasteiger partial charge in [0.15, 0.2) is 6.61 Å². The molecule has 3 aromatic rings. The fourth-order valence-electron chi connectivity index (χ4n) is 3.65. The molecule has 0 bridgehead atoms. The molecule has 35 heavy (non-hydrogen) atoms. The summed E-state index contributed by atoms with van der Waals surface area (Å²) in [7, 11) is 0. The summed E-state index contributed by atoms with van der Waals surface area (Å²) in [6.45, 7) is 6.70. The molecule has 0 aromatic heterocycles. The van der Waals surface area contributed by atoms with Crippen LogP contribution in [0.3, 0.4) is 0 Å². The van der Waals surface area contributed by atoms with Crippen LogP contribution in [0, 0.1) is 12.8 Å². The summed E-state index contributed by atoms with van der Waals surface area (Å²) in [6.07, 6.45) is 0.397. The van der Waals surface area contributed by atoms with Crippen LogP contribution >= 0.6 is 11.6 Å². The second-order valence-corrected chi connectivity index (χ2v) is 9.48. The highest BCUT2D eigenvalue weighted by molar-refractivity contribution is 6.32. The third-order valence-corrected chi connectivity index (χ3v) is 5.93. The first kappa shape index (κ1) is 26.3. The molecule has 0 unspecified atom stereocenters. The highest BCUT2D eigenvalue weighted by atomic mass is 35.5. The van der Waals surface area contributed by atoms with E-state index in [1.54, 1.807) is 29.2 Å². The molecule has 184 valence electrons. The summed E-state index contributed by atoms with van der Waals surface area (Å²) >= 11 is 6.21. The number of carbonyl (C=O) groups excluding carboxylic acids is 2. The van der Waals surface area contributed by atoms with Gasteiger partial charge in [-0.15, -0.1) is 0 Å². The zero-order chi connectivity index (χ0) is 25.2. The zero-order valence-corrected chi connectivity index (χ0v) is 21.3. The van der Waals surface area contributed by atoms with Gasteiger partial charge in [0, 0.05) is 19.5 Å². The topological polar surface area (TPSA) is 58.6 Å². The Bertz CT molecular complexity index is 1100. The number of amides is 2. The van der Waals surface area contributed by atoms with E-state index < -0.39 is 6.04 Å². The Balaban J connectivity index is 1.90. The number of aryl methyl sites for hydroxylation is 1. The van der Waals surface area contributed by atoms with E-state index in [1.807, 2.05) is 75.4 Å². The van der Waals surface area contributed by atoms with E-state index in [1.165, 1.54) is 0 Å². The van der Waals surface area contributed by atoms with Crippen LogP contribution in [0.15, 0.2) is 78.9 Å². The van der Waals surface area contributed by atoms with Crippen molar-refractivity contribution in [1.29, 1.82) is 0 Å². The van der Waals surface area contributed by atoms with Gasteiger partial charge in [0.2, 0.25) is 5.91 Å². The van der Waals surface area contributed by atoms with Crippen molar-refractivity contribution in [2.24, 2.45) is 5.92 Å². The van der Waals surface area contributed by atoms with E-state index in [2.05, 4.69) is 5.32 Å². The predicted molar refractivity (Wildman–Crippen MR) is 140 cm³/mol. The Hall–Kier alpha value is -3.31. The molecular formula is C29H33ClN2O3. The van der Waals surface area contributed by atoms with Crippen molar-refractivity contribution in [3.63, 3.8) is 0 Å². The van der Waals surface area contributed by atoms with Gasteiger partial charge in [0.1, 0.15) is 11.8 Å². The maximum atomic E-state index is 13.6. The summed E-state index contributed by atoms with van der Waals surface area (Å²) < 4.78 is 5.76. The summed E-state index contributed by atoms with van der Waals surface area (Å²) in [4.78, 5) is 28.6. The van der Waals surface area contributed by atoms with Crippen molar-refractivity contribution >= 4 is 23.4 Å². The van der Waals surface area contributed by atoms with Crippen molar-refractivity contribution < 1.29 is 14.3 Å². The Morgan fingerprint density at radius 2 is 1.57 bits per heavy atom. The number of nitrogens with one attached hydrogen (secondary N) is 1. The first-order chi connectivity index (χ1) is 16.8. The largest absolute Gasteiger partial charge is 0.482 e. The molecule has 0 aliphatic carbocycles. The van der Waals surface area contributed by atoms with Crippen LogP contribution in [-0.2, 0) is 22.6 Å². The Morgan fingerprint density at radius 3 is 2.23 bits per heavy atom. The van der Waals surface area contributed by atoms with Crippen LogP contribution in [-0.4, -0.2) is 35.9 Å². The van der Waals surface area contributed by atoms with E-state index in [-0.39, 0.29) is 25.0 Å². The van der Waals surface area contributed by atoms with Crippen molar-refractivity contribution in [3.05, 3.63) is 101 Å². The number of hydrogen-bond acceptors (Lipinski definition) is 3. The van der Waals surface area contributed by atoms with Crippen LogP contribution in [0.1, 0.15) is 30.5 Å². The SMILES string of the molecule is Cc1ccc(CN(C(=O)COc2ccccc2Cl)[C@@H](Cc2ccccc2)C(=O)NCC(C)C)cc1. The molecule has 0 saturated heterocycles. The van der Waals surface area contributed by atoms with E-state index in [0.29, 0.717) is 29.7 Å². The molecule has 0 fully saturated rings. The van der Waals surface area contributed by atoms with Crippen molar-refractivity contribution in [2.75, 3.05) is 13.2 Å². The van der Waals surface area contributed by atoms with Crippen molar-refractivity contribution in [2.45, 2.75) is 39.8 Å². The van der Waals surface area contributed by atoms with Crippen LogP contribution in [0.5, 0.6) is 5.75 Å². The minimum Gasteiger partial charge on any atom is -0.482 e. The summed E-state index contributed by atoms with van der Waals surface area (Å²) in [5, 5.41) is 3.45. The first-order valence-electron chi connectivity index (χ1n) is 11.9. The van der Waals surface area contributed by atoms with Crippen molar-refractivity contribution in [1.82, 2.24) is 10.2 Å². The minimum atomic E-state index is -0.695. The lowest BCUT2D eigenvalue weighted by Crippen LogP contribution is -2.52. The Morgan fingerprint density at radius 1 is 0.914 bits per heavy atom. The van der Waals surface area contributed by atoms with Crippen molar-refractivity contribution in [3.8, 4) is 5.75 Å². The normalized spacial score (nSPS) is 11.7. The minimum absolute atomic E-state index is 0.180. The zero-order valence-electron chi connectivity index (χ0n) is 20.5. The Labute approximate surface area is 213 Å². The number of nitrogens with zero attached hydrogens (tertiary/aromatic N) is 1. The number of halogens is 1. The van der Waals surface area contributed by atoms with Gasteiger partial charge in [-0.3, -0.25) is 9.59 Å². The lowest BCUT2D eigenvalue weighted by molar-refractivity contribution is -0.142. The molecule has 0 saturated carbocycles. The Kier molecular flexibility index (Phi) is 9.74. The summed E-state index contributed by atoms with van der Waals surface area (Å²) in [5.41, 5.74) is 3.05. The molecule has 3 rings (SSSR count). The molecule has 1 N–H and O–H groups in total. The molecule has 0 radical (unpaired) electrons. The van der Waals surface area contributed by atoms with E-state index in [0.717, 1.165) is 16.7 Å². The molecule has 2 amide bonds. The number of rotatable bonds is 11. The molecule has 0 aliphatic heterocycles. The fraction of sp³-hybridized carbons (Fsp3) is 0.310. The molecule has 0 aliphatic rings.